The molecule has 5 heteroatoms. The molecule has 0 spiro atoms. The molecule has 1 aromatic carbocycles. The maximum atomic E-state index is 11.9. The largest absolute Gasteiger partial charge is 0.328 e. The second-order valence-corrected chi connectivity index (χ2v) is 5.48. The summed E-state index contributed by atoms with van der Waals surface area (Å²) in [5, 5.41) is 0. The minimum absolute atomic E-state index is 0.111. The molecule has 1 aromatic rings. The standard InChI is InChI=1S/C13H15BrN2O2/c1-8(15)3-2-6-16-11-7-9(14)4-5-10(11)12(17)13(16)18/h4-5,7-8H,2-3,6,15H2,1H3. The van der Waals surface area contributed by atoms with Crippen molar-refractivity contribution in [3.63, 3.8) is 0 Å². The summed E-state index contributed by atoms with van der Waals surface area (Å²) in [7, 11) is 0. The van der Waals surface area contributed by atoms with Gasteiger partial charge in [-0.1, -0.05) is 15.9 Å². The highest BCUT2D eigenvalue weighted by molar-refractivity contribution is 9.10. The van der Waals surface area contributed by atoms with Crippen LogP contribution in [0.3, 0.4) is 0 Å². The second-order valence-electron chi connectivity index (χ2n) is 4.57. The minimum atomic E-state index is -0.437. The quantitative estimate of drug-likeness (QED) is 0.866. The number of benzene rings is 1. The molecule has 18 heavy (non-hydrogen) atoms. The van der Waals surface area contributed by atoms with E-state index in [9.17, 15) is 9.59 Å². The zero-order valence-corrected chi connectivity index (χ0v) is 11.7. The van der Waals surface area contributed by atoms with Gasteiger partial charge in [0, 0.05) is 17.1 Å². The Balaban J connectivity index is 2.19. The maximum Gasteiger partial charge on any atom is 0.299 e. The van der Waals surface area contributed by atoms with Crippen LogP contribution in [0.5, 0.6) is 0 Å². The molecule has 0 saturated carbocycles. The second kappa shape index (κ2) is 5.20. The normalized spacial score (nSPS) is 16.1. The number of hydrogen-bond acceptors (Lipinski definition) is 3. The molecule has 1 aliphatic heterocycles. The van der Waals surface area contributed by atoms with Gasteiger partial charge in [0.25, 0.3) is 11.7 Å². The first-order chi connectivity index (χ1) is 8.50. The molecule has 4 nitrogen and oxygen atoms in total. The van der Waals surface area contributed by atoms with Crippen molar-refractivity contribution in [3.8, 4) is 0 Å². The number of carbonyl (C=O) groups excluding carboxylic acids is 2. The van der Waals surface area contributed by atoms with Crippen molar-refractivity contribution < 1.29 is 9.59 Å². The smallest absolute Gasteiger partial charge is 0.299 e. The number of halogens is 1. The minimum Gasteiger partial charge on any atom is -0.328 e. The molecule has 96 valence electrons. The third kappa shape index (κ3) is 2.47. The molecule has 1 aliphatic rings. The predicted molar refractivity (Wildman–Crippen MR) is 73.7 cm³/mol. The molecule has 2 N–H and O–H groups in total. The summed E-state index contributed by atoms with van der Waals surface area (Å²) in [6.07, 6.45) is 1.63. The fraction of sp³-hybridized carbons (Fsp3) is 0.385. The lowest BCUT2D eigenvalue weighted by Gasteiger charge is -2.17. The summed E-state index contributed by atoms with van der Waals surface area (Å²) in [6.45, 7) is 2.47. The van der Waals surface area contributed by atoms with Gasteiger partial charge in [0.2, 0.25) is 0 Å². The Labute approximate surface area is 114 Å². The van der Waals surface area contributed by atoms with Crippen LogP contribution in [0.4, 0.5) is 5.69 Å². The first kappa shape index (κ1) is 13.2. The van der Waals surface area contributed by atoms with Gasteiger partial charge in [-0.2, -0.15) is 0 Å². The van der Waals surface area contributed by atoms with Crippen LogP contribution >= 0.6 is 15.9 Å². The van der Waals surface area contributed by atoms with E-state index in [1.54, 1.807) is 17.0 Å². The van der Waals surface area contributed by atoms with Crippen LogP contribution in [0.1, 0.15) is 30.1 Å². The fourth-order valence-electron chi connectivity index (χ4n) is 2.06. The highest BCUT2D eigenvalue weighted by Gasteiger charge is 2.35. The number of amides is 1. The Morgan fingerprint density at radius 3 is 2.78 bits per heavy atom. The van der Waals surface area contributed by atoms with Crippen LogP contribution < -0.4 is 10.6 Å². The summed E-state index contributed by atoms with van der Waals surface area (Å²) in [4.78, 5) is 25.2. The number of carbonyl (C=O) groups is 2. The van der Waals surface area contributed by atoms with Crippen molar-refractivity contribution in [2.75, 3.05) is 11.4 Å². The lowest BCUT2D eigenvalue weighted by Crippen LogP contribution is -2.31. The molecule has 0 aromatic heterocycles. The number of nitrogens with zero attached hydrogens (tertiary/aromatic N) is 1. The Bertz CT molecular complexity index is 500. The first-order valence-corrected chi connectivity index (χ1v) is 6.71. The van der Waals surface area contributed by atoms with Gasteiger partial charge in [0.15, 0.2) is 0 Å². The van der Waals surface area contributed by atoms with Crippen LogP contribution in [0.2, 0.25) is 0 Å². The Morgan fingerprint density at radius 1 is 1.39 bits per heavy atom. The molecule has 1 amide bonds. The average Bonchev–Trinajstić information content (AvgIpc) is 2.53. The SMILES string of the molecule is CC(N)CCCN1C(=O)C(=O)c2ccc(Br)cc21. The molecule has 2 rings (SSSR count). The van der Waals surface area contributed by atoms with Gasteiger partial charge >= 0.3 is 0 Å². The number of hydrogen-bond donors (Lipinski definition) is 1. The fourth-order valence-corrected chi connectivity index (χ4v) is 2.41. The molecule has 0 radical (unpaired) electrons. The summed E-state index contributed by atoms with van der Waals surface area (Å²) >= 11 is 3.35. The summed E-state index contributed by atoms with van der Waals surface area (Å²) in [5.74, 6) is -0.855. The maximum absolute atomic E-state index is 11.9. The van der Waals surface area contributed by atoms with Gasteiger partial charge in [0.05, 0.1) is 11.3 Å². The van der Waals surface area contributed by atoms with Gasteiger partial charge in [-0.25, -0.2) is 0 Å². The van der Waals surface area contributed by atoms with Gasteiger partial charge < -0.3 is 10.6 Å². The van der Waals surface area contributed by atoms with Gasteiger partial charge in [-0.05, 0) is 38.0 Å². The molecule has 0 bridgehead atoms. The van der Waals surface area contributed by atoms with Crippen molar-refractivity contribution in [1.82, 2.24) is 0 Å². The molecular weight excluding hydrogens is 296 g/mol. The van der Waals surface area contributed by atoms with Crippen LogP contribution in [0.25, 0.3) is 0 Å². The molecular formula is C13H15BrN2O2. The van der Waals surface area contributed by atoms with Gasteiger partial charge in [-0.3, -0.25) is 9.59 Å². The molecule has 0 fully saturated rings. The number of nitrogens with two attached hydrogens (primary N) is 1. The predicted octanol–water partition coefficient (Wildman–Crippen LogP) is 2.11. The summed E-state index contributed by atoms with van der Waals surface area (Å²) < 4.78 is 0.862. The number of anilines is 1. The topological polar surface area (TPSA) is 63.4 Å². The van der Waals surface area contributed by atoms with E-state index in [4.69, 9.17) is 5.73 Å². The lowest BCUT2D eigenvalue weighted by molar-refractivity contribution is -0.114. The van der Waals surface area contributed by atoms with E-state index in [2.05, 4.69) is 15.9 Å². The Hall–Kier alpha value is -1.20. The van der Waals surface area contributed by atoms with Crippen LogP contribution in [-0.4, -0.2) is 24.3 Å². The highest BCUT2D eigenvalue weighted by atomic mass is 79.9. The molecule has 0 saturated heterocycles. The molecule has 0 aliphatic carbocycles. The third-order valence-corrected chi connectivity index (χ3v) is 3.47. The summed E-state index contributed by atoms with van der Waals surface area (Å²) in [6, 6.07) is 5.38. The first-order valence-electron chi connectivity index (χ1n) is 5.92. The molecule has 1 heterocycles. The van der Waals surface area contributed by atoms with E-state index in [-0.39, 0.29) is 6.04 Å². The van der Waals surface area contributed by atoms with E-state index < -0.39 is 11.7 Å². The van der Waals surface area contributed by atoms with E-state index >= 15 is 0 Å². The zero-order chi connectivity index (χ0) is 13.3. The zero-order valence-electron chi connectivity index (χ0n) is 10.1. The van der Waals surface area contributed by atoms with E-state index in [0.717, 1.165) is 17.3 Å². The van der Waals surface area contributed by atoms with Crippen LogP contribution in [0, 0.1) is 0 Å². The van der Waals surface area contributed by atoms with Gasteiger partial charge in [-0.15, -0.1) is 0 Å². The Morgan fingerprint density at radius 2 is 2.11 bits per heavy atom. The van der Waals surface area contributed by atoms with E-state index in [0.29, 0.717) is 17.8 Å². The number of ketones is 1. The number of Topliss-reactive ketones (excluding diaryl/α,β-unsaturated/α-hetero) is 1. The Kier molecular flexibility index (Phi) is 3.82. The van der Waals surface area contributed by atoms with Crippen LogP contribution in [0.15, 0.2) is 22.7 Å². The highest BCUT2D eigenvalue weighted by Crippen LogP contribution is 2.31. The van der Waals surface area contributed by atoms with Crippen molar-refractivity contribution in [1.29, 1.82) is 0 Å². The van der Waals surface area contributed by atoms with Crippen molar-refractivity contribution in [3.05, 3.63) is 28.2 Å². The molecule has 1 atom stereocenters. The van der Waals surface area contributed by atoms with Crippen molar-refractivity contribution >= 4 is 33.3 Å². The van der Waals surface area contributed by atoms with E-state index in [1.807, 2.05) is 13.0 Å². The van der Waals surface area contributed by atoms with Crippen molar-refractivity contribution in [2.45, 2.75) is 25.8 Å². The molecule has 1 unspecified atom stereocenters. The summed E-state index contributed by atoms with van der Waals surface area (Å²) in [5.41, 5.74) is 6.87. The van der Waals surface area contributed by atoms with E-state index in [1.165, 1.54) is 0 Å². The number of fused-ring (bicyclic) bond motifs is 1. The number of rotatable bonds is 4. The third-order valence-electron chi connectivity index (χ3n) is 2.98. The van der Waals surface area contributed by atoms with Gasteiger partial charge in [0.1, 0.15) is 0 Å². The van der Waals surface area contributed by atoms with Crippen LogP contribution in [-0.2, 0) is 4.79 Å². The average molecular weight is 311 g/mol. The lowest BCUT2D eigenvalue weighted by atomic mass is 10.1. The van der Waals surface area contributed by atoms with Crippen molar-refractivity contribution in [2.24, 2.45) is 5.73 Å². The monoisotopic (exact) mass is 310 g/mol.